The number of ether oxygens (including phenoxy) is 3. The van der Waals surface area contributed by atoms with Gasteiger partial charge in [-0.2, -0.15) is 5.10 Å². The second-order valence-electron chi connectivity index (χ2n) is 6.95. The van der Waals surface area contributed by atoms with Crippen molar-refractivity contribution in [3.05, 3.63) is 46.2 Å². The van der Waals surface area contributed by atoms with Gasteiger partial charge < -0.3 is 14.2 Å². The fourth-order valence-electron chi connectivity index (χ4n) is 3.77. The molecule has 1 atom stereocenters. The molecular formula is C21H25N3O4S. The van der Waals surface area contributed by atoms with Crippen LogP contribution in [-0.4, -0.2) is 68.6 Å². The number of morpholine rings is 1. The molecule has 4 rings (SSSR count). The number of methoxy groups -OCH3 is 2. The van der Waals surface area contributed by atoms with Crippen molar-refractivity contribution in [3.8, 4) is 11.5 Å². The summed E-state index contributed by atoms with van der Waals surface area (Å²) in [6.07, 6.45) is 0.638. The third-order valence-electron chi connectivity index (χ3n) is 5.23. The molecule has 2 aliphatic heterocycles. The predicted molar refractivity (Wildman–Crippen MR) is 112 cm³/mol. The Morgan fingerprint density at radius 3 is 2.72 bits per heavy atom. The van der Waals surface area contributed by atoms with Crippen molar-refractivity contribution in [1.82, 2.24) is 9.91 Å². The van der Waals surface area contributed by atoms with Crippen LogP contribution in [0.15, 0.2) is 40.8 Å². The number of para-hydroxylation sites is 1. The smallest absolute Gasteiger partial charge is 0.257 e. The monoisotopic (exact) mass is 415 g/mol. The highest BCUT2D eigenvalue weighted by molar-refractivity contribution is 7.12. The first-order valence-corrected chi connectivity index (χ1v) is 10.5. The van der Waals surface area contributed by atoms with Crippen LogP contribution in [0.3, 0.4) is 0 Å². The minimum Gasteiger partial charge on any atom is -0.493 e. The van der Waals surface area contributed by atoms with Crippen molar-refractivity contribution in [2.24, 2.45) is 5.10 Å². The number of benzene rings is 1. The molecule has 2 aromatic rings. The molecule has 0 bridgehead atoms. The van der Waals surface area contributed by atoms with Crippen molar-refractivity contribution >= 4 is 23.0 Å². The second kappa shape index (κ2) is 8.94. The van der Waals surface area contributed by atoms with E-state index in [1.54, 1.807) is 30.6 Å². The second-order valence-corrected chi connectivity index (χ2v) is 7.90. The maximum Gasteiger partial charge on any atom is 0.257 e. The Bertz CT molecular complexity index is 878. The lowest BCUT2D eigenvalue weighted by molar-refractivity contribution is -0.135. The molecule has 1 aromatic heterocycles. The number of carbonyl (C=O) groups excluding carboxylic acids is 1. The van der Waals surface area contributed by atoms with Gasteiger partial charge in [0.2, 0.25) is 0 Å². The highest BCUT2D eigenvalue weighted by atomic mass is 32.1. The van der Waals surface area contributed by atoms with Crippen LogP contribution in [0.25, 0.3) is 0 Å². The van der Waals surface area contributed by atoms with Crippen LogP contribution in [0.2, 0.25) is 0 Å². The Hall–Kier alpha value is -2.42. The Kier molecular flexibility index (Phi) is 6.13. The van der Waals surface area contributed by atoms with Crippen molar-refractivity contribution < 1.29 is 19.0 Å². The van der Waals surface area contributed by atoms with Crippen LogP contribution in [0.4, 0.5) is 0 Å². The van der Waals surface area contributed by atoms with Crippen molar-refractivity contribution in [3.63, 3.8) is 0 Å². The van der Waals surface area contributed by atoms with E-state index in [0.29, 0.717) is 37.7 Å². The molecule has 8 heteroatoms. The summed E-state index contributed by atoms with van der Waals surface area (Å²) in [5.74, 6) is 1.27. The maximum absolute atomic E-state index is 13.2. The van der Waals surface area contributed by atoms with Gasteiger partial charge in [-0.1, -0.05) is 18.2 Å². The largest absolute Gasteiger partial charge is 0.493 e. The number of nitrogens with zero attached hydrogens (tertiary/aromatic N) is 3. The van der Waals surface area contributed by atoms with Crippen LogP contribution in [-0.2, 0) is 9.53 Å². The molecule has 0 N–H and O–H groups in total. The summed E-state index contributed by atoms with van der Waals surface area (Å²) in [6, 6.07) is 9.57. The van der Waals surface area contributed by atoms with E-state index in [1.165, 1.54) is 0 Å². The zero-order valence-corrected chi connectivity index (χ0v) is 17.5. The number of hydrogen-bond acceptors (Lipinski definition) is 7. The van der Waals surface area contributed by atoms with E-state index in [4.69, 9.17) is 19.3 Å². The molecule has 2 aliphatic rings. The minimum atomic E-state index is -0.231. The topological polar surface area (TPSA) is 63.6 Å². The van der Waals surface area contributed by atoms with E-state index < -0.39 is 0 Å². The Morgan fingerprint density at radius 2 is 2.03 bits per heavy atom. The van der Waals surface area contributed by atoms with Gasteiger partial charge >= 0.3 is 0 Å². The Morgan fingerprint density at radius 1 is 1.21 bits per heavy atom. The number of rotatable bonds is 6. The normalized spacial score (nSPS) is 19.9. The number of hydrazone groups is 1. The molecule has 154 valence electrons. The third kappa shape index (κ3) is 4.14. The van der Waals surface area contributed by atoms with E-state index in [-0.39, 0.29) is 11.9 Å². The average Bonchev–Trinajstić information content (AvgIpc) is 3.43. The Labute approximate surface area is 174 Å². The molecule has 1 aromatic carbocycles. The summed E-state index contributed by atoms with van der Waals surface area (Å²) in [7, 11) is 3.24. The SMILES string of the molecule is COc1cccc([C@@H]2CC(c3cccs3)=NN2C(=O)CN2CCOCC2)c1OC. The van der Waals surface area contributed by atoms with Crippen molar-refractivity contribution in [1.29, 1.82) is 0 Å². The third-order valence-corrected chi connectivity index (χ3v) is 6.15. The van der Waals surface area contributed by atoms with Gasteiger partial charge in [0, 0.05) is 25.1 Å². The van der Waals surface area contributed by atoms with E-state index in [9.17, 15) is 4.79 Å². The lowest BCUT2D eigenvalue weighted by Gasteiger charge is -2.29. The summed E-state index contributed by atoms with van der Waals surface area (Å²) in [5.41, 5.74) is 1.82. The van der Waals surface area contributed by atoms with Crippen molar-refractivity contribution in [2.75, 3.05) is 47.1 Å². The van der Waals surface area contributed by atoms with Gasteiger partial charge in [0.25, 0.3) is 5.91 Å². The Balaban J connectivity index is 1.65. The molecule has 0 radical (unpaired) electrons. The minimum absolute atomic E-state index is 0.0201. The zero-order chi connectivity index (χ0) is 20.2. The highest BCUT2D eigenvalue weighted by Crippen LogP contribution is 2.42. The van der Waals surface area contributed by atoms with E-state index in [2.05, 4.69) is 4.90 Å². The van der Waals surface area contributed by atoms with Gasteiger partial charge in [0.05, 0.1) is 50.6 Å². The van der Waals surface area contributed by atoms with Gasteiger partial charge in [-0.15, -0.1) is 11.3 Å². The fourth-order valence-corrected chi connectivity index (χ4v) is 4.49. The van der Waals surface area contributed by atoms with Crippen LogP contribution in [0, 0.1) is 0 Å². The lowest BCUT2D eigenvalue weighted by Crippen LogP contribution is -2.43. The molecule has 1 fully saturated rings. The zero-order valence-electron chi connectivity index (χ0n) is 16.7. The summed E-state index contributed by atoms with van der Waals surface area (Å²) in [6.45, 7) is 3.16. The maximum atomic E-state index is 13.2. The van der Waals surface area contributed by atoms with Crippen LogP contribution in [0.5, 0.6) is 11.5 Å². The van der Waals surface area contributed by atoms with Gasteiger partial charge in [0.1, 0.15) is 0 Å². The molecule has 1 amide bonds. The standard InChI is InChI=1S/C21H25N3O4S/c1-26-18-6-3-5-15(21(18)27-2)17-13-16(19-7-4-12-29-19)22-24(17)20(25)14-23-8-10-28-11-9-23/h3-7,12,17H,8-11,13-14H2,1-2H3/t17-/m0/s1. The summed E-state index contributed by atoms with van der Waals surface area (Å²) in [5, 5.41) is 8.39. The fraction of sp³-hybridized carbons (Fsp3) is 0.429. The molecular weight excluding hydrogens is 390 g/mol. The average molecular weight is 416 g/mol. The number of amides is 1. The first kappa shape index (κ1) is 19.9. The van der Waals surface area contributed by atoms with E-state index >= 15 is 0 Å². The quantitative estimate of drug-likeness (QED) is 0.726. The van der Waals surface area contributed by atoms with Gasteiger partial charge in [-0.3, -0.25) is 9.69 Å². The summed E-state index contributed by atoms with van der Waals surface area (Å²) in [4.78, 5) is 16.4. The van der Waals surface area contributed by atoms with Gasteiger partial charge in [-0.05, 0) is 17.5 Å². The molecule has 0 unspecified atom stereocenters. The molecule has 0 spiro atoms. The summed E-state index contributed by atoms with van der Waals surface area (Å²) >= 11 is 1.63. The predicted octanol–water partition coefficient (Wildman–Crippen LogP) is 2.78. The lowest BCUT2D eigenvalue weighted by atomic mass is 9.99. The molecule has 29 heavy (non-hydrogen) atoms. The van der Waals surface area contributed by atoms with Crippen LogP contribution < -0.4 is 9.47 Å². The first-order chi connectivity index (χ1) is 14.2. The van der Waals surface area contributed by atoms with Crippen LogP contribution >= 0.6 is 11.3 Å². The summed E-state index contributed by atoms with van der Waals surface area (Å²) < 4.78 is 16.5. The molecule has 0 saturated carbocycles. The van der Waals surface area contributed by atoms with Gasteiger partial charge in [-0.25, -0.2) is 5.01 Å². The van der Waals surface area contributed by atoms with Crippen molar-refractivity contribution in [2.45, 2.75) is 12.5 Å². The van der Waals surface area contributed by atoms with Crippen LogP contribution in [0.1, 0.15) is 22.9 Å². The number of hydrogen-bond donors (Lipinski definition) is 0. The van der Waals surface area contributed by atoms with E-state index in [0.717, 1.165) is 29.2 Å². The molecule has 0 aliphatic carbocycles. The number of thiophene rings is 1. The first-order valence-electron chi connectivity index (χ1n) is 9.65. The molecule has 7 nitrogen and oxygen atoms in total. The highest BCUT2D eigenvalue weighted by Gasteiger charge is 2.36. The van der Waals surface area contributed by atoms with E-state index in [1.807, 2.05) is 35.7 Å². The molecule has 3 heterocycles. The molecule has 1 saturated heterocycles. The number of carbonyl (C=O) groups is 1. The van der Waals surface area contributed by atoms with Gasteiger partial charge in [0.15, 0.2) is 11.5 Å².